The number of ether oxygens (including phenoxy) is 1. The Morgan fingerprint density at radius 3 is 2.57 bits per heavy atom. The van der Waals surface area contributed by atoms with E-state index in [9.17, 15) is 9.90 Å². The van der Waals surface area contributed by atoms with Gasteiger partial charge in [0.25, 0.3) is 5.91 Å². The number of carbonyl (C=O) groups excluding carboxylic acids is 1. The van der Waals surface area contributed by atoms with Gasteiger partial charge in [-0.15, -0.1) is 0 Å². The lowest BCUT2D eigenvalue weighted by atomic mass is 10.1. The minimum Gasteiger partial charge on any atom is -0.505 e. The maximum absolute atomic E-state index is 11.4. The van der Waals surface area contributed by atoms with Gasteiger partial charge in [-0.3, -0.25) is 9.78 Å². The van der Waals surface area contributed by atoms with Gasteiger partial charge in [-0.2, -0.15) is 0 Å². The predicted octanol–water partition coefficient (Wildman–Crippen LogP) is 2.23. The summed E-state index contributed by atoms with van der Waals surface area (Å²) in [5, 5.41) is 11.1. The van der Waals surface area contributed by atoms with Crippen molar-refractivity contribution < 1.29 is 14.6 Å². The zero-order valence-corrected chi connectivity index (χ0v) is 10.9. The Morgan fingerprint density at radius 1 is 1.14 bits per heavy atom. The van der Waals surface area contributed by atoms with Crippen LogP contribution in [0.4, 0.5) is 0 Å². The summed E-state index contributed by atoms with van der Waals surface area (Å²) in [6, 6.07) is 10.3. The molecule has 0 atom stereocenters. The van der Waals surface area contributed by atoms with Crippen LogP contribution in [0.5, 0.6) is 17.4 Å². The molecular weight excluding hydrogens is 270 g/mol. The maximum atomic E-state index is 11.4. The molecule has 6 heteroatoms. The van der Waals surface area contributed by atoms with Crippen LogP contribution in [-0.2, 0) is 0 Å². The van der Waals surface area contributed by atoms with Gasteiger partial charge in [-0.05, 0) is 18.2 Å². The molecule has 3 rings (SSSR count). The van der Waals surface area contributed by atoms with E-state index in [-0.39, 0.29) is 17.3 Å². The van der Waals surface area contributed by atoms with Crippen LogP contribution in [0.25, 0.3) is 10.8 Å². The van der Waals surface area contributed by atoms with Crippen LogP contribution < -0.4 is 10.5 Å². The maximum Gasteiger partial charge on any atom is 0.271 e. The van der Waals surface area contributed by atoms with Crippen molar-refractivity contribution in [3.05, 3.63) is 54.5 Å². The van der Waals surface area contributed by atoms with E-state index in [1.54, 1.807) is 42.6 Å². The van der Waals surface area contributed by atoms with Gasteiger partial charge in [-0.1, -0.05) is 18.2 Å². The number of nitrogens with two attached hydrogens (primary N) is 1. The summed E-state index contributed by atoms with van der Waals surface area (Å²) < 4.78 is 5.64. The van der Waals surface area contributed by atoms with E-state index in [1.165, 1.54) is 6.20 Å². The number of benzene rings is 1. The van der Waals surface area contributed by atoms with Crippen molar-refractivity contribution in [1.29, 1.82) is 0 Å². The fourth-order valence-electron chi connectivity index (χ4n) is 1.99. The number of fused-ring (bicyclic) bond motifs is 1. The van der Waals surface area contributed by atoms with E-state index in [0.717, 1.165) is 0 Å². The molecule has 1 aromatic carbocycles. The van der Waals surface area contributed by atoms with E-state index in [4.69, 9.17) is 10.5 Å². The van der Waals surface area contributed by atoms with Crippen molar-refractivity contribution in [3.63, 3.8) is 0 Å². The number of carbonyl (C=O) groups is 1. The van der Waals surface area contributed by atoms with E-state index in [0.29, 0.717) is 16.5 Å². The fraction of sp³-hybridized carbons (Fsp3) is 0. The number of nitrogens with zero attached hydrogens (tertiary/aromatic N) is 2. The van der Waals surface area contributed by atoms with Crippen LogP contribution in [0.3, 0.4) is 0 Å². The highest BCUT2D eigenvalue weighted by molar-refractivity contribution is 6.02. The zero-order chi connectivity index (χ0) is 14.8. The summed E-state index contributed by atoms with van der Waals surface area (Å²) in [5.41, 5.74) is 5.01. The summed E-state index contributed by atoms with van der Waals surface area (Å²) >= 11 is 0. The molecular formula is C15H11N3O3. The van der Waals surface area contributed by atoms with Crippen molar-refractivity contribution in [1.82, 2.24) is 9.97 Å². The smallest absolute Gasteiger partial charge is 0.271 e. The standard InChI is InChI=1S/C15H11N3O3/c16-14(20)12-13(19)10-5-1-2-6-11(10)15(18-12)21-9-4-3-7-17-8-9/h1-8,19H,(H2,16,20). The van der Waals surface area contributed by atoms with Crippen LogP contribution in [0.2, 0.25) is 0 Å². The predicted molar refractivity (Wildman–Crippen MR) is 76.2 cm³/mol. The number of hydrogen-bond acceptors (Lipinski definition) is 5. The summed E-state index contributed by atoms with van der Waals surface area (Å²) in [7, 11) is 0. The molecule has 0 bridgehead atoms. The Morgan fingerprint density at radius 2 is 1.90 bits per heavy atom. The molecule has 1 amide bonds. The molecule has 0 aliphatic rings. The van der Waals surface area contributed by atoms with Crippen molar-refractivity contribution in [2.24, 2.45) is 5.73 Å². The van der Waals surface area contributed by atoms with Gasteiger partial charge in [0, 0.05) is 17.0 Å². The molecule has 6 nitrogen and oxygen atoms in total. The van der Waals surface area contributed by atoms with Crippen molar-refractivity contribution in [2.75, 3.05) is 0 Å². The van der Waals surface area contributed by atoms with E-state index >= 15 is 0 Å². The molecule has 2 aromatic heterocycles. The third-order valence-electron chi connectivity index (χ3n) is 2.93. The number of aromatic nitrogens is 2. The average molecular weight is 281 g/mol. The van der Waals surface area contributed by atoms with Gasteiger partial charge in [0.1, 0.15) is 5.75 Å². The molecule has 0 aliphatic heterocycles. The van der Waals surface area contributed by atoms with Gasteiger partial charge in [0.15, 0.2) is 11.4 Å². The topological polar surface area (TPSA) is 98.3 Å². The molecule has 104 valence electrons. The van der Waals surface area contributed by atoms with Crippen LogP contribution in [0.15, 0.2) is 48.8 Å². The molecule has 0 radical (unpaired) electrons. The Hall–Kier alpha value is -3.15. The van der Waals surface area contributed by atoms with Crippen LogP contribution in [-0.4, -0.2) is 21.0 Å². The highest BCUT2D eigenvalue weighted by Crippen LogP contribution is 2.34. The van der Waals surface area contributed by atoms with Gasteiger partial charge in [-0.25, -0.2) is 4.98 Å². The normalized spacial score (nSPS) is 10.5. The molecule has 0 fully saturated rings. The third-order valence-corrected chi connectivity index (χ3v) is 2.93. The molecule has 21 heavy (non-hydrogen) atoms. The first-order valence-electron chi connectivity index (χ1n) is 6.16. The number of amides is 1. The number of rotatable bonds is 3. The average Bonchev–Trinajstić information content (AvgIpc) is 2.51. The van der Waals surface area contributed by atoms with E-state index in [2.05, 4.69) is 9.97 Å². The molecule has 3 aromatic rings. The molecule has 0 saturated heterocycles. The highest BCUT2D eigenvalue weighted by Gasteiger charge is 2.18. The van der Waals surface area contributed by atoms with Gasteiger partial charge < -0.3 is 15.6 Å². The van der Waals surface area contributed by atoms with Gasteiger partial charge in [0.2, 0.25) is 5.88 Å². The second kappa shape index (κ2) is 5.09. The first-order chi connectivity index (χ1) is 10.2. The molecule has 2 heterocycles. The van der Waals surface area contributed by atoms with E-state index in [1.807, 2.05) is 0 Å². The van der Waals surface area contributed by atoms with Crippen molar-refractivity contribution >= 4 is 16.7 Å². The molecule has 0 aliphatic carbocycles. The lowest BCUT2D eigenvalue weighted by Gasteiger charge is -2.11. The Bertz CT molecular complexity index is 819. The number of pyridine rings is 2. The van der Waals surface area contributed by atoms with Gasteiger partial charge >= 0.3 is 0 Å². The largest absolute Gasteiger partial charge is 0.505 e. The summed E-state index contributed by atoms with van der Waals surface area (Å²) in [6.45, 7) is 0. The molecule has 3 N–H and O–H groups in total. The fourth-order valence-corrected chi connectivity index (χ4v) is 1.99. The minimum atomic E-state index is -0.825. The summed E-state index contributed by atoms with van der Waals surface area (Å²) in [6.07, 6.45) is 3.14. The number of primary amides is 1. The van der Waals surface area contributed by atoms with Crippen LogP contribution in [0, 0.1) is 0 Å². The molecule has 0 unspecified atom stereocenters. The highest BCUT2D eigenvalue weighted by atomic mass is 16.5. The quantitative estimate of drug-likeness (QED) is 0.767. The molecule has 0 saturated carbocycles. The first kappa shape index (κ1) is 12.9. The number of hydrogen-bond donors (Lipinski definition) is 2. The van der Waals surface area contributed by atoms with Crippen LogP contribution >= 0.6 is 0 Å². The first-order valence-corrected chi connectivity index (χ1v) is 6.16. The minimum absolute atomic E-state index is 0.185. The Balaban J connectivity index is 2.21. The summed E-state index contributed by atoms with van der Waals surface area (Å²) in [5.74, 6) is -0.424. The lowest BCUT2D eigenvalue weighted by molar-refractivity contribution is 0.0992. The van der Waals surface area contributed by atoms with Gasteiger partial charge in [0.05, 0.1) is 6.20 Å². The lowest BCUT2D eigenvalue weighted by Crippen LogP contribution is -2.14. The number of aromatic hydroxyl groups is 1. The third kappa shape index (κ3) is 2.34. The van der Waals surface area contributed by atoms with E-state index < -0.39 is 5.91 Å². The second-order valence-electron chi connectivity index (χ2n) is 4.31. The SMILES string of the molecule is NC(=O)c1nc(Oc2cccnc2)c2ccccc2c1O. The summed E-state index contributed by atoms with van der Waals surface area (Å²) in [4.78, 5) is 19.4. The van der Waals surface area contributed by atoms with Crippen molar-refractivity contribution in [2.45, 2.75) is 0 Å². The zero-order valence-electron chi connectivity index (χ0n) is 10.9. The van der Waals surface area contributed by atoms with Crippen LogP contribution in [0.1, 0.15) is 10.5 Å². The monoisotopic (exact) mass is 281 g/mol. The Kier molecular flexibility index (Phi) is 3.12. The van der Waals surface area contributed by atoms with Crippen molar-refractivity contribution in [3.8, 4) is 17.4 Å². The molecule has 0 spiro atoms. The second-order valence-corrected chi connectivity index (χ2v) is 4.31. The Labute approximate surface area is 119 Å².